The number of urea groups is 1. The van der Waals surface area contributed by atoms with Gasteiger partial charge in [-0.15, -0.1) is 0 Å². The number of rotatable bonds is 8. The van der Waals surface area contributed by atoms with Crippen molar-refractivity contribution in [2.24, 2.45) is 0 Å². The Morgan fingerprint density at radius 2 is 1.58 bits per heavy atom. The number of imide groups is 1. The third kappa shape index (κ3) is 4.94. The number of halogens is 1. The smallest absolute Gasteiger partial charge is 0.332 e. The van der Waals surface area contributed by atoms with Gasteiger partial charge in [0.05, 0.1) is 34.1 Å². The standard InChI is InChI=1S/C33H36ClN3O6/c1-40-27-9-8-21(16-28(27)41-2)10-14-36-32(39)37(24-7-5-6-23(34)18-24)31(38)33(36)12-15-35-13-11-22-17-29(42-3)30(43-4)19-25(22)26(35)20-33/h5-9,16-19,26H,10-15,20H2,1-4H3/t26-,33+/m1/s1. The van der Waals surface area contributed by atoms with Crippen LogP contribution in [0, 0.1) is 0 Å². The van der Waals surface area contributed by atoms with Crippen LogP contribution in [0.1, 0.15) is 35.6 Å². The molecule has 226 valence electrons. The van der Waals surface area contributed by atoms with E-state index in [4.69, 9.17) is 30.5 Å². The molecule has 10 heteroatoms. The predicted molar refractivity (Wildman–Crippen MR) is 164 cm³/mol. The monoisotopic (exact) mass is 605 g/mol. The molecule has 2 fully saturated rings. The summed E-state index contributed by atoms with van der Waals surface area (Å²) in [5, 5.41) is 0.466. The van der Waals surface area contributed by atoms with Gasteiger partial charge in [-0.3, -0.25) is 9.69 Å². The first-order valence-corrected chi connectivity index (χ1v) is 14.8. The highest BCUT2D eigenvalue weighted by Gasteiger charge is 2.60. The number of fused-ring (bicyclic) bond motifs is 3. The molecule has 0 bridgehead atoms. The molecule has 1 spiro atoms. The Balaban J connectivity index is 1.39. The highest BCUT2D eigenvalue weighted by Crippen LogP contribution is 2.49. The summed E-state index contributed by atoms with van der Waals surface area (Å²) in [6.07, 6.45) is 2.44. The molecule has 43 heavy (non-hydrogen) atoms. The second kappa shape index (κ2) is 11.6. The Morgan fingerprint density at radius 3 is 2.30 bits per heavy atom. The molecule has 2 saturated heterocycles. The van der Waals surface area contributed by atoms with Crippen LogP contribution in [0.25, 0.3) is 0 Å². The molecule has 0 radical (unpaired) electrons. The van der Waals surface area contributed by atoms with Gasteiger partial charge >= 0.3 is 6.03 Å². The lowest BCUT2D eigenvalue weighted by atomic mass is 9.76. The van der Waals surface area contributed by atoms with Gasteiger partial charge in [-0.1, -0.05) is 23.7 Å². The Hall–Kier alpha value is -3.95. The number of carbonyl (C=O) groups excluding carboxylic acids is 2. The molecule has 3 amide bonds. The van der Waals surface area contributed by atoms with E-state index in [9.17, 15) is 9.59 Å². The third-order valence-electron chi connectivity index (χ3n) is 9.14. The Kier molecular flexibility index (Phi) is 7.87. The molecule has 0 unspecified atom stereocenters. The topological polar surface area (TPSA) is 80.8 Å². The van der Waals surface area contributed by atoms with E-state index in [1.54, 1.807) is 57.6 Å². The summed E-state index contributed by atoms with van der Waals surface area (Å²) in [6.45, 7) is 1.92. The summed E-state index contributed by atoms with van der Waals surface area (Å²) in [7, 11) is 6.47. The molecular formula is C33H36ClN3O6. The quantitative estimate of drug-likeness (QED) is 0.313. The highest BCUT2D eigenvalue weighted by atomic mass is 35.5. The SMILES string of the molecule is COc1ccc(CCN2C(=O)N(c3cccc(Cl)c3)C(=O)[C@@]23CCN2CCc4cc(OC)c(OC)cc4[C@H]2C3)cc1OC. The van der Waals surface area contributed by atoms with Gasteiger partial charge in [-0.25, -0.2) is 9.69 Å². The van der Waals surface area contributed by atoms with Crippen LogP contribution in [-0.2, 0) is 17.6 Å². The van der Waals surface area contributed by atoms with Crippen LogP contribution in [0.4, 0.5) is 10.5 Å². The van der Waals surface area contributed by atoms with Gasteiger partial charge in [-0.2, -0.15) is 0 Å². The predicted octanol–water partition coefficient (Wildman–Crippen LogP) is 5.52. The zero-order valence-electron chi connectivity index (χ0n) is 24.9. The second-order valence-electron chi connectivity index (χ2n) is 11.2. The molecule has 0 N–H and O–H groups in total. The summed E-state index contributed by atoms with van der Waals surface area (Å²) < 4.78 is 22.1. The molecule has 3 aliphatic heterocycles. The molecule has 6 rings (SSSR count). The van der Waals surface area contributed by atoms with Crippen molar-refractivity contribution < 1.29 is 28.5 Å². The van der Waals surface area contributed by atoms with E-state index in [1.165, 1.54) is 10.5 Å². The second-order valence-corrected chi connectivity index (χ2v) is 11.6. The van der Waals surface area contributed by atoms with Crippen molar-refractivity contribution in [2.45, 2.75) is 37.3 Å². The van der Waals surface area contributed by atoms with E-state index in [1.807, 2.05) is 30.3 Å². The molecule has 0 saturated carbocycles. The lowest BCUT2D eigenvalue weighted by Gasteiger charge is -2.49. The van der Waals surface area contributed by atoms with Crippen LogP contribution in [0.2, 0.25) is 5.02 Å². The van der Waals surface area contributed by atoms with Crippen molar-refractivity contribution in [1.82, 2.24) is 9.80 Å². The minimum Gasteiger partial charge on any atom is -0.493 e. The van der Waals surface area contributed by atoms with E-state index < -0.39 is 5.54 Å². The fourth-order valence-corrected chi connectivity index (χ4v) is 7.11. The van der Waals surface area contributed by atoms with Crippen LogP contribution >= 0.6 is 11.6 Å². The van der Waals surface area contributed by atoms with E-state index in [2.05, 4.69) is 4.90 Å². The molecule has 3 aliphatic rings. The first-order valence-electron chi connectivity index (χ1n) is 14.4. The Morgan fingerprint density at radius 1 is 0.860 bits per heavy atom. The third-order valence-corrected chi connectivity index (χ3v) is 9.37. The number of anilines is 1. The van der Waals surface area contributed by atoms with Gasteiger partial charge in [0.15, 0.2) is 23.0 Å². The van der Waals surface area contributed by atoms with Crippen LogP contribution in [0.15, 0.2) is 54.6 Å². The van der Waals surface area contributed by atoms with Gasteiger partial charge in [0.25, 0.3) is 5.91 Å². The lowest BCUT2D eigenvalue weighted by Crippen LogP contribution is -2.58. The molecule has 3 aromatic carbocycles. The molecule has 0 aliphatic carbocycles. The van der Waals surface area contributed by atoms with Crippen LogP contribution in [-0.4, -0.2) is 75.4 Å². The number of methoxy groups -OCH3 is 4. The number of nitrogens with zero attached hydrogens (tertiary/aromatic N) is 3. The summed E-state index contributed by atoms with van der Waals surface area (Å²) in [5.41, 5.74) is 2.74. The molecule has 9 nitrogen and oxygen atoms in total. The number of benzene rings is 3. The average molecular weight is 606 g/mol. The van der Waals surface area contributed by atoms with E-state index in [-0.39, 0.29) is 18.0 Å². The van der Waals surface area contributed by atoms with E-state index in [0.717, 1.165) is 24.1 Å². The van der Waals surface area contributed by atoms with Gasteiger partial charge < -0.3 is 23.8 Å². The van der Waals surface area contributed by atoms with Crippen molar-refractivity contribution >= 4 is 29.2 Å². The number of piperidine rings is 1. The minimum absolute atomic E-state index is 0.0584. The number of carbonyl (C=O) groups is 2. The fraction of sp³-hybridized carbons (Fsp3) is 0.394. The van der Waals surface area contributed by atoms with Crippen molar-refractivity contribution in [3.8, 4) is 23.0 Å². The lowest BCUT2D eigenvalue weighted by molar-refractivity contribution is -0.129. The van der Waals surface area contributed by atoms with Gasteiger partial charge in [-0.05, 0) is 84.8 Å². The minimum atomic E-state index is -1.01. The van der Waals surface area contributed by atoms with Gasteiger partial charge in [0, 0.05) is 30.7 Å². The largest absolute Gasteiger partial charge is 0.493 e. The maximum Gasteiger partial charge on any atom is 0.332 e. The highest BCUT2D eigenvalue weighted by molar-refractivity contribution is 6.31. The number of ether oxygens (including phenoxy) is 4. The first-order chi connectivity index (χ1) is 20.8. The molecule has 3 heterocycles. The molecule has 3 aromatic rings. The van der Waals surface area contributed by atoms with Crippen LogP contribution in [0.5, 0.6) is 23.0 Å². The van der Waals surface area contributed by atoms with Gasteiger partial charge in [0.2, 0.25) is 0 Å². The first kappa shape index (κ1) is 29.1. The Labute approximate surface area is 256 Å². The van der Waals surface area contributed by atoms with Gasteiger partial charge in [0.1, 0.15) is 5.54 Å². The average Bonchev–Trinajstić information content (AvgIpc) is 3.22. The zero-order valence-corrected chi connectivity index (χ0v) is 25.6. The molecular weight excluding hydrogens is 570 g/mol. The van der Waals surface area contributed by atoms with Crippen molar-refractivity contribution in [3.63, 3.8) is 0 Å². The summed E-state index contributed by atoms with van der Waals surface area (Å²) in [6, 6.07) is 16.4. The molecule has 0 aromatic heterocycles. The fourth-order valence-electron chi connectivity index (χ4n) is 6.92. The number of amides is 3. The Bertz CT molecular complexity index is 1560. The summed E-state index contributed by atoms with van der Waals surface area (Å²) in [4.78, 5) is 34.3. The number of hydrogen-bond acceptors (Lipinski definition) is 7. The van der Waals surface area contributed by atoms with E-state index in [0.29, 0.717) is 66.1 Å². The van der Waals surface area contributed by atoms with Crippen LogP contribution < -0.4 is 23.8 Å². The maximum absolute atomic E-state index is 14.5. The van der Waals surface area contributed by atoms with Crippen molar-refractivity contribution in [1.29, 1.82) is 0 Å². The summed E-state index contributed by atoms with van der Waals surface area (Å²) >= 11 is 6.31. The van der Waals surface area contributed by atoms with E-state index >= 15 is 0 Å². The van der Waals surface area contributed by atoms with Crippen LogP contribution in [0.3, 0.4) is 0 Å². The molecule has 2 atom stereocenters. The zero-order chi connectivity index (χ0) is 30.3. The van der Waals surface area contributed by atoms with Crippen molar-refractivity contribution in [2.75, 3.05) is 53.0 Å². The normalized spacial score (nSPS) is 21.6. The maximum atomic E-state index is 14.5. The summed E-state index contributed by atoms with van der Waals surface area (Å²) in [5.74, 6) is 2.39. The van der Waals surface area contributed by atoms with Crippen molar-refractivity contribution in [3.05, 3.63) is 76.3 Å². The number of hydrogen-bond donors (Lipinski definition) is 0.